The molecule has 1 heterocycles. The molecule has 0 aliphatic carbocycles. The molecule has 7 nitrogen and oxygen atoms in total. The Balaban J connectivity index is 1.54. The SMILES string of the molecule is Cc1cccc(N(CC(=O)N/N=C/c2cc(C)n(-c3ccc(Cl)cc3)c2C)S(=O)(=O)c2ccccc2)c1. The van der Waals surface area contributed by atoms with Crippen molar-refractivity contribution in [2.75, 3.05) is 10.8 Å². The monoisotopic (exact) mass is 534 g/mol. The van der Waals surface area contributed by atoms with Crippen LogP contribution in [0.4, 0.5) is 5.69 Å². The van der Waals surface area contributed by atoms with Crippen LogP contribution in [-0.4, -0.2) is 31.7 Å². The summed E-state index contributed by atoms with van der Waals surface area (Å²) < 4.78 is 30.0. The zero-order valence-corrected chi connectivity index (χ0v) is 22.3. The molecule has 4 aromatic rings. The number of nitrogens with one attached hydrogen (secondary N) is 1. The van der Waals surface area contributed by atoms with Crippen LogP contribution >= 0.6 is 11.6 Å². The second kappa shape index (κ2) is 11.0. The molecule has 4 rings (SSSR count). The molecule has 0 aliphatic heterocycles. The molecule has 1 N–H and O–H groups in total. The fraction of sp³-hybridized carbons (Fsp3) is 0.143. The first-order valence-electron chi connectivity index (χ1n) is 11.6. The van der Waals surface area contributed by atoms with Crippen LogP contribution in [0.15, 0.2) is 94.9 Å². The Hall–Kier alpha value is -3.88. The lowest BCUT2D eigenvalue weighted by Crippen LogP contribution is -2.39. The van der Waals surface area contributed by atoms with Gasteiger partial charge < -0.3 is 4.57 Å². The maximum atomic E-state index is 13.4. The van der Waals surface area contributed by atoms with Crippen molar-refractivity contribution in [3.8, 4) is 5.69 Å². The molecule has 0 radical (unpaired) electrons. The van der Waals surface area contributed by atoms with E-state index in [-0.39, 0.29) is 4.90 Å². The van der Waals surface area contributed by atoms with Crippen LogP contribution in [0.1, 0.15) is 22.5 Å². The third-order valence-corrected chi connectivity index (χ3v) is 7.90. The van der Waals surface area contributed by atoms with Crippen LogP contribution in [0.3, 0.4) is 0 Å². The van der Waals surface area contributed by atoms with Gasteiger partial charge in [-0.05, 0) is 80.9 Å². The number of hydrazone groups is 1. The first-order valence-corrected chi connectivity index (χ1v) is 13.4. The van der Waals surface area contributed by atoms with Crippen molar-refractivity contribution in [2.45, 2.75) is 25.7 Å². The lowest BCUT2D eigenvalue weighted by molar-refractivity contribution is -0.119. The summed E-state index contributed by atoms with van der Waals surface area (Å²) >= 11 is 6.02. The average Bonchev–Trinajstić information content (AvgIpc) is 3.16. The average molecular weight is 535 g/mol. The molecule has 0 saturated heterocycles. The van der Waals surface area contributed by atoms with Crippen LogP contribution < -0.4 is 9.73 Å². The Morgan fingerprint density at radius 2 is 1.68 bits per heavy atom. The second-order valence-corrected chi connectivity index (χ2v) is 10.9. The number of hydrogen-bond donors (Lipinski definition) is 1. The molecule has 0 saturated carbocycles. The Bertz CT molecular complexity index is 1550. The summed E-state index contributed by atoms with van der Waals surface area (Å²) in [6.45, 7) is 5.37. The van der Waals surface area contributed by atoms with Gasteiger partial charge in [-0.3, -0.25) is 9.10 Å². The largest absolute Gasteiger partial charge is 0.318 e. The molecule has 0 bridgehead atoms. The first kappa shape index (κ1) is 26.2. The number of benzene rings is 3. The summed E-state index contributed by atoms with van der Waals surface area (Å²) in [5.41, 5.74) is 7.45. The van der Waals surface area contributed by atoms with Gasteiger partial charge in [-0.1, -0.05) is 41.9 Å². The first-order chi connectivity index (χ1) is 17.7. The predicted molar refractivity (Wildman–Crippen MR) is 148 cm³/mol. The standard InChI is InChI=1S/C28H27ClN4O3S/c1-20-8-7-9-26(16-20)32(37(35,36)27-10-5-4-6-11-27)19-28(34)31-30-18-23-17-21(2)33(22(23)3)25-14-12-24(29)13-15-25/h4-18H,19H2,1-3H3,(H,31,34)/b30-18+. The molecule has 0 unspecified atom stereocenters. The van der Waals surface area contributed by atoms with Gasteiger partial charge in [0.15, 0.2) is 0 Å². The van der Waals surface area contributed by atoms with Crippen molar-refractivity contribution in [3.05, 3.63) is 112 Å². The number of carbonyl (C=O) groups excluding carboxylic acids is 1. The van der Waals surface area contributed by atoms with E-state index >= 15 is 0 Å². The van der Waals surface area contributed by atoms with E-state index in [1.165, 1.54) is 12.1 Å². The summed E-state index contributed by atoms with van der Waals surface area (Å²) in [5, 5.41) is 4.76. The Morgan fingerprint density at radius 1 is 0.973 bits per heavy atom. The molecule has 0 atom stereocenters. The van der Waals surface area contributed by atoms with Gasteiger partial charge >= 0.3 is 0 Å². The van der Waals surface area contributed by atoms with Gasteiger partial charge in [0.25, 0.3) is 15.9 Å². The van der Waals surface area contributed by atoms with Crippen LogP contribution in [0.2, 0.25) is 5.02 Å². The van der Waals surface area contributed by atoms with Gasteiger partial charge in [0.2, 0.25) is 0 Å². The van der Waals surface area contributed by atoms with Gasteiger partial charge in [0, 0.05) is 27.7 Å². The van der Waals surface area contributed by atoms with Crippen LogP contribution in [0.5, 0.6) is 0 Å². The highest BCUT2D eigenvalue weighted by Gasteiger charge is 2.27. The van der Waals surface area contributed by atoms with Crippen molar-refractivity contribution >= 4 is 39.4 Å². The summed E-state index contributed by atoms with van der Waals surface area (Å²) in [5.74, 6) is -0.566. The number of amides is 1. The number of anilines is 1. The van der Waals surface area contributed by atoms with E-state index in [1.807, 2.05) is 57.2 Å². The number of carbonyl (C=O) groups is 1. The van der Waals surface area contributed by atoms with Gasteiger partial charge in [-0.2, -0.15) is 5.10 Å². The third-order valence-electron chi connectivity index (χ3n) is 5.86. The summed E-state index contributed by atoms with van der Waals surface area (Å²) in [6.07, 6.45) is 1.55. The van der Waals surface area contributed by atoms with Gasteiger partial charge in [0.1, 0.15) is 6.54 Å². The van der Waals surface area contributed by atoms with E-state index < -0.39 is 22.5 Å². The van der Waals surface area contributed by atoms with Gasteiger partial charge in [0.05, 0.1) is 16.8 Å². The summed E-state index contributed by atoms with van der Waals surface area (Å²) in [6, 6.07) is 24.5. The molecule has 1 aromatic heterocycles. The molecule has 0 spiro atoms. The van der Waals surface area contributed by atoms with Crippen LogP contribution in [-0.2, 0) is 14.8 Å². The van der Waals surface area contributed by atoms with Crippen molar-refractivity contribution in [2.24, 2.45) is 5.10 Å². The Morgan fingerprint density at radius 3 is 2.35 bits per heavy atom. The number of sulfonamides is 1. The highest BCUT2D eigenvalue weighted by atomic mass is 35.5. The number of aromatic nitrogens is 1. The number of nitrogens with zero attached hydrogens (tertiary/aromatic N) is 3. The molecular weight excluding hydrogens is 508 g/mol. The molecule has 0 fully saturated rings. The lowest BCUT2D eigenvalue weighted by Gasteiger charge is -2.24. The highest BCUT2D eigenvalue weighted by molar-refractivity contribution is 7.92. The molecule has 3 aromatic carbocycles. The summed E-state index contributed by atoms with van der Waals surface area (Å²) in [4.78, 5) is 12.9. The fourth-order valence-corrected chi connectivity index (χ4v) is 5.62. The maximum absolute atomic E-state index is 13.4. The molecule has 1 amide bonds. The van der Waals surface area contributed by atoms with E-state index in [4.69, 9.17) is 11.6 Å². The number of aryl methyl sites for hydroxylation is 2. The molecule has 37 heavy (non-hydrogen) atoms. The van der Waals surface area contributed by atoms with Crippen molar-refractivity contribution < 1.29 is 13.2 Å². The Labute approximate surface area is 222 Å². The van der Waals surface area contributed by atoms with Gasteiger partial charge in [-0.15, -0.1) is 0 Å². The molecule has 0 aliphatic rings. The minimum Gasteiger partial charge on any atom is -0.318 e. The Kier molecular flexibility index (Phi) is 7.80. The molecular formula is C28H27ClN4O3S. The van der Waals surface area contributed by atoms with Crippen molar-refractivity contribution in [3.63, 3.8) is 0 Å². The van der Waals surface area contributed by atoms with E-state index in [1.54, 1.807) is 42.6 Å². The van der Waals surface area contributed by atoms with Crippen molar-refractivity contribution in [1.29, 1.82) is 0 Å². The smallest absolute Gasteiger partial charge is 0.264 e. The number of halogens is 1. The van der Waals surface area contributed by atoms with E-state index in [9.17, 15) is 13.2 Å². The quantitative estimate of drug-likeness (QED) is 0.242. The zero-order valence-electron chi connectivity index (χ0n) is 20.7. The molecule has 9 heteroatoms. The lowest BCUT2D eigenvalue weighted by atomic mass is 10.2. The highest BCUT2D eigenvalue weighted by Crippen LogP contribution is 2.24. The van der Waals surface area contributed by atoms with E-state index in [2.05, 4.69) is 15.1 Å². The third kappa shape index (κ3) is 5.93. The predicted octanol–water partition coefficient (Wildman–Crippen LogP) is 5.40. The normalized spacial score (nSPS) is 11.6. The minimum absolute atomic E-state index is 0.0995. The topological polar surface area (TPSA) is 83.8 Å². The van der Waals surface area contributed by atoms with Gasteiger partial charge in [-0.25, -0.2) is 13.8 Å². The van der Waals surface area contributed by atoms with Crippen LogP contribution in [0.25, 0.3) is 5.69 Å². The van der Waals surface area contributed by atoms with E-state index in [0.717, 1.165) is 32.5 Å². The second-order valence-electron chi connectivity index (χ2n) is 8.60. The zero-order chi connectivity index (χ0) is 26.6. The molecule has 190 valence electrons. The maximum Gasteiger partial charge on any atom is 0.264 e. The number of hydrogen-bond acceptors (Lipinski definition) is 4. The van der Waals surface area contributed by atoms with Crippen LogP contribution in [0, 0.1) is 20.8 Å². The fourth-order valence-electron chi connectivity index (χ4n) is 4.06. The number of rotatable bonds is 8. The van der Waals surface area contributed by atoms with E-state index in [0.29, 0.717) is 10.7 Å². The summed E-state index contributed by atoms with van der Waals surface area (Å²) in [7, 11) is -3.98. The van der Waals surface area contributed by atoms with Crippen molar-refractivity contribution in [1.82, 2.24) is 9.99 Å². The minimum atomic E-state index is -3.98.